The number of esters is 1. The molecule has 1 aromatic rings. The van der Waals surface area contributed by atoms with E-state index in [-0.39, 0.29) is 5.97 Å². The Morgan fingerprint density at radius 2 is 1.94 bits per heavy atom. The third-order valence-corrected chi connectivity index (χ3v) is 4.64. The van der Waals surface area contributed by atoms with E-state index in [4.69, 9.17) is 4.74 Å². The lowest BCUT2D eigenvalue weighted by Gasteiger charge is -2.17. The second-order valence-corrected chi connectivity index (χ2v) is 11.3. The molecule has 0 spiro atoms. The van der Waals surface area contributed by atoms with Gasteiger partial charge in [0.1, 0.15) is 0 Å². The minimum Gasteiger partial charge on any atom is -0.465 e. The second kappa shape index (κ2) is 5.49. The average molecular weight is 250 g/mol. The first-order valence-electron chi connectivity index (χ1n) is 6.02. The van der Waals surface area contributed by atoms with Crippen LogP contribution in [-0.2, 0) is 11.2 Å². The zero-order valence-electron chi connectivity index (χ0n) is 11.5. The number of ether oxygens (including phenoxy) is 1. The zero-order chi connectivity index (χ0) is 13.1. The molecular formula is C14H22O2Si. The third-order valence-electron chi connectivity index (χ3n) is 2.89. The Balaban J connectivity index is 2.99. The molecule has 0 aliphatic carbocycles. The van der Waals surface area contributed by atoms with Crippen molar-refractivity contribution >= 4 is 14.0 Å². The number of methoxy groups -OCH3 is 1. The highest BCUT2D eigenvalue weighted by Gasteiger charge is 2.18. The maximum Gasteiger partial charge on any atom is 0.338 e. The summed E-state index contributed by atoms with van der Waals surface area (Å²) in [7, 11) is 0.364. The van der Waals surface area contributed by atoms with E-state index < -0.39 is 8.07 Å². The van der Waals surface area contributed by atoms with Gasteiger partial charge in [-0.3, -0.25) is 0 Å². The Bertz CT molecular complexity index is 405. The Kier molecular flexibility index (Phi) is 4.51. The summed E-state index contributed by atoms with van der Waals surface area (Å²) in [4.78, 5) is 11.8. The summed E-state index contributed by atoms with van der Waals surface area (Å²) in [6.07, 6.45) is 0.974. The van der Waals surface area contributed by atoms with Crippen molar-refractivity contribution in [2.24, 2.45) is 0 Å². The molecule has 0 aromatic heterocycles. The van der Waals surface area contributed by atoms with Crippen molar-refractivity contribution in [3.8, 4) is 0 Å². The molecule has 0 aliphatic rings. The van der Waals surface area contributed by atoms with Gasteiger partial charge >= 0.3 is 5.97 Å². The van der Waals surface area contributed by atoms with Crippen molar-refractivity contribution in [3.63, 3.8) is 0 Å². The Hall–Kier alpha value is -1.09. The molecule has 0 unspecified atom stereocenters. The molecule has 0 N–H and O–H groups in total. The van der Waals surface area contributed by atoms with Crippen LogP contribution in [0.15, 0.2) is 18.2 Å². The molecule has 0 fully saturated rings. The molecule has 17 heavy (non-hydrogen) atoms. The summed E-state index contributed by atoms with van der Waals surface area (Å²) in [5, 5.41) is 0. The van der Waals surface area contributed by atoms with Crippen LogP contribution in [0.1, 0.15) is 21.5 Å². The van der Waals surface area contributed by atoms with Gasteiger partial charge in [-0.2, -0.15) is 0 Å². The van der Waals surface area contributed by atoms with Crippen molar-refractivity contribution in [2.75, 3.05) is 7.11 Å². The van der Waals surface area contributed by atoms with E-state index in [2.05, 4.69) is 19.6 Å². The second-order valence-electron chi connectivity index (χ2n) is 5.66. The molecule has 1 aromatic carbocycles. The van der Waals surface area contributed by atoms with Gasteiger partial charge in [0.05, 0.1) is 12.7 Å². The van der Waals surface area contributed by atoms with Crippen LogP contribution in [0, 0.1) is 6.92 Å². The molecule has 1 rings (SSSR count). The Labute approximate surface area is 105 Å². The van der Waals surface area contributed by atoms with Crippen LogP contribution < -0.4 is 0 Å². The van der Waals surface area contributed by atoms with E-state index in [0.717, 1.165) is 23.1 Å². The first-order chi connectivity index (χ1) is 7.85. The number of carbonyl (C=O) groups excluding carboxylic acids is 1. The highest BCUT2D eigenvalue weighted by atomic mass is 28.3. The SMILES string of the molecule is COC(=O)c1c(C)cccc1CC[Si](C)(C)C. The summed E-state index contributed by atoms with van der Waals surface area (Å²) < 4.78 is 4.86. The average Bonchev–Trinajstić information content (AvgIpc) is 2.24. The number of hydrogen-bond donors (Lipinski definition) is 0. The van der Waals surface area contributed by atoms with E-state index in [1.807, 2.05) is 25.1 Å². The van der Waals surface area contributed by atoms with Gasteiger partial charge in [0, 0.05) is 8.07 Å². The van der Waals surface area contributed by atoms with Crippen LogP contribution in [-0.4, -0.2) is 21.2 Å². The fraction of sp³-hybridized carbons (Fsp3) is 0.500. The van der Waals surface area contributed by atoms with Gasteiger partial charge < -0.3 is 4.74 Å². The quantitative estimate of drug-likeness (QED) is 0.602. The first-order valence-corrected chi connectivity index (χ1v) is 9.72. The largest absolute Gasteiger partial charge is 0.465 e. The number of carbonyl (C=O) groups is 1. The number of benzene rings is 1. The standard InChI is InChI=1S/C14H22O2Si/c1-11-7-6-8-12(9-10-17(3,4)5)13(11)14(15)16-2/h6-8H,9-10H2,1-5H3. The molecular weight excluding hydrogens is 228 g/mol. The predicted octanol–water partition coefficient (Wildman–Crippen LogP) is 3.66. The van der Waals surface area contributed by atoms with Crippen LogP contribution in [0.5, 0.6) is 0 Å². The topological polar surface area (TPSA) is 26.3 Å². The van der Waals surface area contributed by atoms with Crippen molar-refractivity contribution in [1.82, 2.24) is 0 Å². The van der Waals surface area contributed by atoms with Crippen molar-refractivity contribution in [3.05, 3.63) is 34.9 Å². The molecule has 0 amide bonds. The lowest BCUT2D eigenvalue weighted by atomic mass is 10.0. The Morgan fingerprint density at radius 3 is 2.47 bits per heavy atom. The molecule has 3 heteroatoms. The van der Waals surface area contributed by atoms with Gasteiger partial charge in [0.25, 0.3) is 0 Å². The fourth-order valence-electron chi connectivity index (χ4n) is 1.84. The van der Waals surface area contributed by atoms with Gasteiger partial charge in [0.2, 0.25) is 0 Å². The molecule has 0 saturated carbocycles. The molecule has 0 heterocycles. The number of aryl methyl sites for hydroxylation is 2. The highest BCUT2D eigenvalue weighted by molar-refractivity contribution is 6.76. The third kappa shape index (κ3) is 4.00. The molecule has 0 radical (unpaired) electrons. The Morgan fingerprint density at radius 1 is 1.29 bits per heavy atom. The zero-order valence-corrected chi connectivity index (χ0v) is 12.5. The van der Waals surface area contributed by atoms with E-state index in [1.165, 1.54) is 13.2 Å². The van der Waals surface area contributed by atoms with Crippen LogP contribution >= 0.6 is 0 Å². The van der Waals surface area contributed by atoms with Gasteiger partial charge in [0.15, 0.2) is 0 Å². The van der Waals surface area contributed by atoms with Crippen molar-refractivity contribution in [2.45, 2.75) is 39.0 Å². The minimum absolute atomic E-state index is 0.214. The summed E-state index contributed by atoms with van der Waals surface area (Å²) >= 11 is 0. The van der Waals surface area contributed by atoms with E-state index in [9.17, 15) is 4.79 Å². The maximum absolute atomic E-state index is 11.8. The van der Waals surface area contributed by atoms with E-state index >= 15 is 0 Å². The van der Waals surface area contributed by atoms with Gasteiger partial charge in [-0.1, -0.05) is 43.9 Å². The summed E-state index contributed by atoms with van der Waals surface area (Å²) in [5.41, 5.74) is 2.89. The lowest BCUT2D eigenvalue weighted by Crippen LogP contribution is -2.21. The van der Waals surface area contributed by atoms with E-state index in [0.29, 0.717) is 0 Å². The molecule has 0 saturated heterocycles. The molecule has 2 nitrogen and oxygen atoms in total. The maximum atomic E-state index is 11.8. The van der Waals surface area contributed by atoms with Crippen LogP contribution in [0.4, 0.5) is 0 Å². The van der Waals surface area contributed by atoms with Crippen LogP contribution in [0.2, 0.25) is 25.7 Å². The van der Waals surface area contributed by atoms with Crippen LogP contribution in [0.3, 0.4) is 0 Å². The molecule has 0 atom stereocenters. The summed E-state index contributed by atoms with van der Waals surface area (Å²) in [6, 6.07) is 7.21. The van der Waals surface area contributed by atoms with Crippen molar-refractivity contribution < 1.29 is 9.53 Å². The highest BCUT2D eigenvalue weighted by Crippen LogP contribution is 2.20. The first kappa shape index (κ1) is 14.0. The number of rotatable bonds is 4. The normalized spacial score (nSPS) is 11.4. The predicted molar refractivity (Wildman–Crippen MR) is 74.4 cm³/mol. The van der Waals surface area contributed by atoms with Crippen LogP contribution in [0.25, 0.3) is 0 Å². The monoisotopic (exact) mass is 250 g/mol. The minimum atomic E-state index is -1.08. The van der Waals surface area contributed by atoms with E-state index in [1.54, 1.807) is 0 Å². The summed E-state index contributed by atoms with van der Waals surface area (Å²) in [5.74, 6) is -0.214. The molecule has 94 valence electrons. The number of hydrogen-bond acceptors (Lipinski definition) is 2. The molecule has 0 aliphatic heterocycles. The fourth-order valence-corrected chi connectivity index (χ4v) is 2.86. The van der Waals surface area contributed by atoms with Gasteiger partial charge in [-0.15, -0.1) is 0 Å². The smallest absolute Gasteiger partial charge is 0.338 e. The summed E-state index contributed by atoms with van der Waals surface area (Å²) in [6.45, 7) is 9.01. The van der Waals surface area contributed by atoms with Crippen molar-refractivity contribution in [1.29, 1.82) is 0 Å². The lowest BCUT2D eigenvalue weighted by molar-refractivity contribution is 0.0598. The molecule has 0 bridgehead atoms. The van der Waals surface area contributed by atoms with Gasteiger partial charge in [-0.25, -0.2) is 4.79 Å². The van der Waals surface area contributed by atoms with Gasteiger partial charge in [-0.05, 0) is 24.5 Å².